The zero-order valence-corrected chi connectivity index (χ0v) is 17.7. The number of fused-ring (bicyclic) bond motifs is 6. The van der Waals surface area contributed by atoms with Crippen molar-refractivity contribution < 1.29 is 4.79 Å². The van der Waals surface area contributed by atoms with Crippen molar-refractivity contribution in [3.63, 3.8) is 0 Å². The molecule has 3 aliphatic rings. The van der Waals surface area contributed by atoms with Crippen molar-refractivity contribution in [1.29, 1.82) is 0 Å². The number of rotatable bonds is 3. The summed E-state index contributed by atoms with van der Waals surface area (Å²) in [5.74, 6) is 1.06. The van der Waals surface area contributed by atoms with Crippen LogP contribution in [0.25, 0.3) is 10.9 Å². The summed E-state index contributed by atoms with van der Waals surface area (Å²) in [7, 11) is 2.26. The summed E-state index contributed by atoms with van der Waals surface area (Å²) in [4.78, 5) is 17.5. The molecule has 4 nitrogen and oxygen atoms in total. The fourth-order valence-electron chi connectivity index (χ4n) is 5.71. The first kappa shape index (κ1) is 18.5. The van der Waals surface area contributed by atoms with Crippen LogP contribution in [0.3, 0.4) is 0 Å². The average Bonchev–Trinajstić information content (AvgIpc) is 3.10. The highest BCUT2D eigenvalue weighted by atomic mass is 35.5. The zero-order chi connectivity index (χ0) is 19.4. The second-order valence-electron chi connectivity index (χ2n) is 9.10. The zero-order valence-electron chi connectivity index (χ0n) is 17.0. The quantitative estimate of drug-likeness (QED) is 0.752. The molecule has 1 amide bonds. The second kappa shape index (κ2) is 7.07. The molecule has 2 atom stereocenters. The van der Waals surface area contributed by atoms with Gasteiger partial charge in [0, 0.05) is 66.2 Å². The van der Waals surface area contributed by atoms with Crippen LogP contribution in [-0.2, 0) is 17.8 Å². The number of halogens is 1. The predicted molar refractivity (Wildman–Crippen MR) is 114 cm³/mol. The molecular formula is C23H30ClN3O. The number of hydrogen-bond acceptors (Lipinski definition) is 2. The first-order valence-corrected chi connectivity index (χ1v) is 11.2. The maximum absolute atomic E-state index is 12.8. The first-order valence-electron chi connectivity index (χ1n) is 10.8. The Kier molecular flexibility index (Phi) is 4.67. The number of likely N-dealkylation sites (tertiary alicyclic amines) is 1. The highest BCUT2D eigenvalue weighted by Gasteiger charge is 2.40. The molecule has 3 aliphatic heterocycles. The minimum atomic E-state index is 0.312. The van der Waals surface area contributed by atoms with Gasteiger partial charge >= 0.3 is 0 Å². The van der Waals surface area contributed by atoms with Crippen LogP contribution in [0.1, 0.15) is 56.3 Å². The molecule has 4 heterocycles. The summed E-state index contributed by atoms with van der Waals surface area (Å²) in [6.45, 7) is 4.92. The van der Waals surface area contributed by atoms with E-state index in [0.717, 1.165) is 49.8 Å². The fourth-order valence-corrected chi connectivity index (χ4v) is 5.88. The first-order chi connectivity index (χ1) is 13.5. The van der Waals surface area contributed by atoms with Crippen molar-refractivity contribution in [2.45, 2.75) is 64.1 Å². The van der Waals surface area contributed by atoms with Gasteiger partial charge in [0.05, 0.1) is 0 Å². The van der Waals surface area contributed by atoms with Crippen molar-refractivity contribution >= 4 is 28.4 Å². The smallest absolute Gasteiger partial charge is 0.224 e. The molecule has 5 rings (SSSR count). The maximum atomic E-state index is 12.8. The van der Waals surface area contributed by atoms with E-state index in [1.807, 2.05) is 6.07 Å². The number of benzene rings is 1. The predicted octanol–water partition coefficient (Wildman–Crippen LogP) is 4.63. The molecule has 2 bridgehead atoms. The maximum Gasteiger partial charge on any atom is 0.224 e. The molecular weight excluding hydrogens is 370 g/mol. The summed E-state index contributed by atoms with van der Waals surface area (Å²) in [5.41, 5.74) is 4.16. The number of carbonyl (C=O) groups excluding carboxylic acids is 1. The van der Waals surface area contributed by atoms with E-state index in [4.69, 9.17) is 11.6 Å². The van der Waals surface area contributed by atoms with Gasteiger partial charge in [-0.2, -0.15) is 0 Å². The van der Waals surface area contributed by atoms with E-state index < -0.39 is 0 Å². The van der Waals surface area contributed by atoms with E-state index in [2.05, 4.69) is 40.5 Å². The lowest BCUT2D eigenvalue weighted by molar-refractivity contribution is -0.132. The lowest BCUT2D eigenvalue weighted by atomic mass is 9.97. The largest absolute Gasteiger partial charge is 0.344 e. The Hall–Kier alpha value is -1.52. The van der Waals surface area contributed by atoms with E-state index >= 15 is 0 Å². The Labute approximate surface area is 172 Å². The summed E-state index contributed by atoms with van der Waals surface area (Å²) < 4.78 is 2.43. The molecule has 2 fully saturated rings. The number of hydrogen-bond donors (Lipinski definition) is 0. The monoisotopic (exact) mass is 399 g/mol. The number of carbonyl (C=O) groups is 1. The highest BCUT2D eigenvalue weighted by molar-refractivity contribution is 6.31. The normalized spacial score (nSPS) is 25.5. The van der Waals surface area contributed by atoms with E-state index in [1.165, 1.54) is 35.0 Å². The number of amides is 1. The van der Waals surface area contributed by atoms with Crippen LogP contribution in [0.4, 0.5) is 0 Å². The number of likely N-dealkylation sites (N-methyl/N-ethyl adjacent to an activating group) is 1. The van der Waals surface area contributed by atoms with Crippen LogP contribution in [-0.4, -0.2) is 46.5 Å². The molecule has 0 saturated carbocycles. The molecule has 28 heavy (non-hydrogen) atoms. The minimum Gasteiger partial charge on any atom is -0.344 e. The Morgan fingerprint density at radius 1 is 1.18 bits per heavy atom. The lowest BCUT2D eigenvalue weighted by Gasteiger charge is -2.33. The van der Waals surface area contributed by atoms with E-state index in [9.17, 15) is 4.79 Å². The Morgan fingerprint density at radius 3 is 2.75 bits per heavy atom. The minimum absolute atomic E-state index is 0.312. The second-order valence-corrected chi connectivity index (χ2v) is 9.54. The fraction of sp³-hybridized carbons (Fsp3) is 0.609. The molecule has 5 heteroatoms. The van der Waals surface area contributed by atoms with Gasteiger partial charge in [-0.3, -0.25) is 9.69 Å². The topological polar surface area (TPSA) is 28.5 Å². The average molecular weight is 400 g/mol. The van der Waals surface area contributed by atoms with Crippen molar-refractivity contribution in [1.82, 2.24) is 14.4 Å². The van der Waals surface area contributed by atoms with Gasteiger partial charge in [0.15, 0.2) is 0 Å². The molecule has 1 aromatic carbocycles. The van der Waals surface area contributed by atoms with Gasteiger partial charge in [-0.15, -0.1) is 0 Å². The molecule has 0 spiro atoms. The summed E-state index contributed by atoms with van der Waals surface area (Å²) in [6.07, 6.45) is 6.46. The Morgan fingerprint density at radius 2 is 1.96 bits per heavy atom. The Balaban J connectivity index is 1.45. The van der Waals surface area contributed by atoms with Crippen LogP contribution >= 0.6 is 11.6 Å². The van der Waals surface area contributed by atoms with Crippen molar-refractivity contribution in [2.24, 2.45) is 5.92 Å². The van der Waals surface area contributed by atoms with Gasteiger partial charge in [-0.1, -0.05) is 18.5 Å². The van der Waals surface area contributed by atoms with Gasteiger partial charge in [-0.25, -0.2) is 0 Å². The van der Waals surface area contributed by atoms with Crippen LogP contribution < -0.4 is 0 Å². The SMILES string of the molecule is CC1CCN(C(=O)CCn2c3c(c4cc(Cl)ccc42)C2CCC(C3)N2C)CC1. The van der Waals surface area contributed by atoms with Gasteiger partial charge in [0.25, 0.3) is 0 Å². The third kappa shape index (κ3) is 2.96. The summed E-state index contributed by atoms with van der Waals surface area (Å²) >= 11 is 6.37. The lowest BCUT2D eigenvalue weighted by Crippen LogP contribution is -2.38. The molecule has 150 valence electrons. The summed E-state index contributed by atoms with van der Waals surface area (Å²) in [5, 5.41) is 2.09. The Bertz CT molecular complexity index is 912. The van der Waals surface area contributed by atoms with Crippen molar-refractivity contribution in [2.75, 3.05) is 20.1 Å². The van der Waals surface area contributed by atoms with Crippen LogP contribution in [0.5, 0.6) is 0 Å². The molecule has 2 unspecified atom stereocenters. The standard InChI is InChI=1S/C23H30ClN3O/c1-15-7-10-26(11-8-15)22(28)9-12-27-19-5-3-16(24)13-18(19)23-20-6-4-17(25(20)2)14-21(23)27/h3,5,13,15,17,20H,4,6-12,14H2,1-2H3. The highest BCUT2D eigenvalue weighted by Crippen LogP contribution is 2.47. The van der Waals surface area contributed by atoms with E-state index in [1.54, 1.807) is 0 Å². The van der Waals surface area contributed by atoms with Crippen LogP contribution in [0, 0.1) is 5.92 Å². The van der Waals surface area contributed by atoms with Crippen LogP contribution in [0.2, 0.25) is 5.02 Å². The van der Waals surface area contributed by atoms with Crippen molar-refractivity contribution in [3.8, 4) is 0 Å². The van der Waals surface area contributed by atoms with Gasteiger partial charge < -0.3 is 9.47 Å². The molecule has 1 aromatic heterocycles. The molecule has 0 aliphatic carbocycles. The molecule has 2 saturated heterocycles. The van der Waals surface area contributed by atoms with Gasteiger partial charge in [-0.05, 0) is 62.4 Å². The van der Waals surface area contributed by atoms with E-state index in [0.29, 0.717) is 24.4 Å². The number of nitrogens with zero attached hydrogens (tertiary/aromatic N) is 3. The molecule has 0 radical (unpaired) electrons. The van der Waals surface area contributed by atoms with Gasteiger partial charge in [0.1, 0.15) is 0 Å². The molecule has 2 aromatic rings. The van der Waals surface area contributed by atoms with Gasteiger partial charge in [0.2, 0.25) is 5.91 Å². The van der Waals surface area contributed by atoms with Crippen LogP contribution in [0.15, 0.2) is 18.2 Å². The molecule has 0 N–H and O–H groups in total. The number of aryl methyl sites for hydroxylation is 1. The third-order valence-electron chi connectivity index (χ3n) is 7.47. The van der Waals surface area contributed by atoms with Crippen molar-refractivity contribution in [3.05, 3.63) is 34.5 Å². The number of aromatic nitrogens is 1. The summed E-state index contributed by atoms with van der Waals surface area (Å²) in [6, 6.07) is 7.40. The third-order valence-corrected chi connectivity index (χ3v) is 7.70. The van der Waals surface area contributed by atoms with E-state index in [-0.39, 0.29) is 0 Å². The number of piperidine rings is 1.